The number of hydrogen-bond donors (Lipinski definition) is 2. The molecule has 0 spiro atoms. The topological polar surface area (TPSA) is 41.5 Å². The van der Waals surface area contributed by atoms with E-state index in [9.17, 15) is 5.11 Å². The molecule has 1 saturated heterocycles. The highest BCUT2D eigenvalue weighted by molar-refractivity contribution is 6.35. The summed E-state index contributed by atoms with van der Waals surface area (Å²) in [6.45, 7) is 4.15. The lowest BCUT2D eigenvalue weighted by Crippen LogP contribution is -2.48. The first-order chi connectivity index (χ1) is 8.50. The van der Waals surface area contributed by atoms with E-state index in [0.29, 0.717) is 23.7 Å². The van der Waals surface area contributed by atoms with E-state index >= 15 is 0 Å². The normalized spacial score (nSPS) is 24.2. The molecule has 1 aromatic carbocycles. The van der Waals surface area contributed by atoms with Crippen LogP contribution in [0.15, 0.2) is 12.1 Å². The molecule has 0 aromatic heterocycles. The maximum absolute atomic E-state index is 9.87. The van der Waals surface area contributed by atoms with Crippen molar-refractivity contribution < 1.29 is 9.84 Å². The van der Waals surface area contributed by atoms with Crippen molar-refractivity contribution >= 4 is 23.2 Å². The van der Waals surface area contributed by atoms with Crippen molar-refractivity contribution in [2.24, 2.45) is 0 Å². The molecule has 2 N–H and O–H groups in total. The second kappa shape index (κ2) is 5.66. The van der Waals surface area contributed by atoms with Crippen molar-refractivity contribution in [3.8, 4) is 5.75 Å². The largest absolute Gasteiger partial charge is 0.506 e. The van der Waals surface area contributed by atoms with E-state index in [1.165, 1.54) is 6.07 Å². The van der Waals surface area contributed by atoms with Crippen LogP contribution in [-0.2, 0) is 11.3 Å². The van der Waals surface area contributed by atoms with Crippen molar-refractivity contribution in [2.45, 2.75) is 31.8 Å². The van der Waals surface area contributed by atoms with Gasteiger partial charge in [-0.25, -0.2) is 0 Å². The Balaban J connectivity index is 2.05. The van der Waals surface area contributed by atoms with Crippen molar-refractivity contribution in [3.63, 3.8) is 0 Å². The van der Waals surface area contributed by atoms with E-state index < -0.39 is 0 Å². The van der Waals surface area contributed by atoms with E-state index in [0.717, 1.165) is 19.4 Å². The van der Waals surface area contributed by atoms with Gasteiger partial charge in [-0.05, 0) is 31.9 Å². The van der Waals surface area contributed by atoms with Crippen LogP contribution in [0.4, 0.5) is 0 Å². The highest BCUT2D eigenvalue weighted by Gasteiger charge is 2.27. The number of phenolic OH excluding ortho intramolecular Hbond substituents is 1. The summed E-state index contributed by atoms with van der Waals surface area (Å²) in [7, 11) is 0. The fraction of sp³-hybridized carbons (Fsp3) is 0.538. The predicted octanol–water partition coefficient (Wildman–Crippen LogP) is 3.36. The smallest absolute Gasteiger partial charge is 0.138 e. The molecule has 1 unspecified atom stereocenters. The molecule has 0 saturated carbocycles. The fourth-order valence-corrected chi connectivity index (χ4v) is 2.67. The highest BCUT2D eigenvalue weighted by atomic mass is 35.5. The number of benzene rings is 1. The number of aromatic hydroxyl groups is 1. The number of hydrogen-bond acceptors (Lipinski definition) is 3. The van der Waals surface area contributed by atoms with Gasteiger partial charge in [0.25, 0.3) is 0 Å². The second-order valence-corrected chi connectivity index (χ2v) is 5.81. The number of halogens is 2. The third kappa shape index (κ3) is 3.29. The monoisotopic (exact) mass is 289 g/mol. The van der Waals surface area contributed by atoms with Gasteiger partial charge in [0, 0.05) is 29.3 Å². The van der Waals surface area contributed by atoms with Crippen molar-refractivity contribution in [1.82, 2.24) is 5.32 Å². The van der Waals surface area contributed by atoms with Gasteiger partial charge in [0.05, 0.1) is 11.6 Å². The van der Waals surface area contributed by atoms with Crippen LogP contribution in [0.3, 0.4) is 0 Å². The first kappa shape index (κ1) is 13.9. The SMILES string of the molecule is CC1(NCc2cc(Cl)cc(Cl)c2O)CCCOC1. The molecule has 100 valence electrons. The number of ether oxygens (including phenoxy) is 1. The van der Waals surface area contributed by atoms with Crippen LogP contribution in [0.2, 0.25) is 10.0 Å². The molecular formula is C13H17Cl2NO2. The van der Waals surface area contributed by atoms with E-state index in [1.807, 2.05) is 0 Å². The van der Waals surface area contributed by atoms with Gasteiger partial charge in [-0.3, -0.25) is 0 Å². The number of nitrogens with one attached hydrogen (secondary N) is 1. The van der Waals surface area contributed by atoms with Gasteiger partial charge >= 0.3 is 0 Å². The molecule has 1 heterocycles. The standard InChI is InChI=1S/C13H17Cl2NO2/c1-13(3-2-4-18-8-13)16-7-9-5-10(14)6-11(15)12(9)17/h5-6,16-17H,2-4,7-8H2,1H3. The van der Waals surface area contributed by atoms with Gasteiger partial charge in [0.1, 0.15) is 5.75 Å². The lowest BCUT2D eigenvalue weighted by Gasteiger charge is -2.34. The van der Waals surface area contributed by atoms with Crippen molar-refractivity contribution in [3.05, 3.63) is 27.7 Å². The van der Waals surface area contributed by atoms with Crippen molar-refractivity contribution in [1.29, 1.82) is 0 Å². The van der Waals surface area contributed by atoms with Gasteiger partial charge in [0.15, 0.2) is 0 Å². The molecule has 0 amide bonds. The zero-order valence-electron chi connectivity index (χ0n) is 10.3. The Kier molecular flexibility index (Phi) is 4.38. The first-order valence-corrected chi connectivity index (χ1v) is 6.75. The maximum atomic E-state index is 9.87. The van der Waals surface area contributed by atoms with Gasteiger partial charge < -0.3 is 15.2 Å². The molecule has 0 aliphatic carbocycles. The summed E-state index contributed by atoms with van der Waals surface area (Å²) in [6.07, 6.45) is 2.11. The lowest BCUT2D eigenvalue weighted by atomic mass is 9.94. The molecule has 0 bridgehead atoms. The zero-order valence-corrected chi connectivity index (χ0v) is 11.8. The van der Waals surface area contributed by atoms with E-state index in [1.54, 1.807) is 6.07 Å². The quantitative estimate of drug-likeness (QED) is 0.897. The van der Waals surface area contributed by atoms with Crippen molar-refractivity contribution in [2.75, 3.05) is 13.2 Å². The van der Waals surface area contributed by atoms with Crippen LogP contribution >= 0.6 is 23.2 Å². The Hall–Kier alpha value is -0.480. The fourth-order valence-electron chi connectivity index (χ4n) is 2.14. The Morgan fingerprint density at radius 2 is 2.22 bits per heavy atom. The Bertz CT molecular complexity index is 431. The average molecular weight is 290 g/mol. The molecule has 1 atom stereocenters. The van der Waals surface area contributed by atoms with Gasteiger partial charge in [-0.2, -0.15) is 0 Å². The minimum Gasteiger partial charge on any atom is -0.506 e. The molecular weight excluding hydrogens is 273 g/mol. The predicted molar refractivity (Wildman–Crippen MR) is 73.4 cm³/mol. The summed E-state index contributed by atoms with van der Waals surface area (Å²) in [6, 6.07) is 3.26. The molecule has 0 radical (unpaired) electrons. The maximum Gasteiger partial charge on any atom is 0.138 e. The van der Waals surface area contributed by atoms with Crippen LogP contribution in [0, 0.1) is 0 Å². The van der Waals surface area contributed by atoms with Crippen LogP contribution in [0.1, 0.15) is 25.3 Å². The number of rotatable bonds is 3. The third-order valence-electron chi connectivity index (χ3n) is 3.25. The Morgan fingerprint density at radius 3 is 2.89 bits per heavy atom. The summed E-state index contributed by atoms with van der Waals surface area (Å²) >= 11 is 11.8. The summed E-state index contributed by atoms with van der Waals surface area (Å²) in [5, 5.41) is 14.1. The molecule has 1 aromatic rings. The van der Waals surface area contributed by atoms with Crippen LogP contribution in [0.5, 0.6) is 5.75 Å². The second-order valence-electron chi connectivity index (χ2n) is 4.97. The molecule has 1 fully saturated rings. The summed E-state index contributed by atoms with van der Waals surface area (Å²) < 4.78 is 5.47. The van der Waals surface area contributed by atoms with Crippen LogP contribution < -0.4 is 5.32 Å². The van der Waals surface area contributed by atoms with E-state index in [4.69, 9.17) is 27.9 Å². The summed E-state index contributed by atoms with van der Waals surface area (Å²) in [5.74, 6) is 0.0916. The number of phenols is 1. The minimum atomic E-state index is -0.0561. The van der Waals surface area contributed by atoms with E-state index in [-0.39, 0.29) is 16.3 Å². The third-order valence-corrected chi connectivity index (χ3v) is 3.76. The Labute approximate surface area is 117 Å². The average Bonchev–Trinajstić information content (AvgIpc) is 2.33. The Morgan fingerprint density at radius 1 is 1.44 bits per heavy atom. The van der Waals surface area contributed by atoms with Gasteiger partial charge in [-0.15, -0.1) is 0 Å². The van der Waals surface area contributed by atoms with Crippen LogP contribution in [0.25, 0.3) is 0 Å². The molecule has 1 aliphatic heterocycles. The molecule has 2 rings (SSSR count). The molecule has 3 nitrogen and oxygen atoms in total. The molecule has 18 heavy (non-hydrogen) atoms. The zero-order chi connectivity index (χ0) is 13.2. The highest BCUT2D eigenvalue weighted by Crippen LogP contribution is 2.31. The first-order valence-electron chi connectivity index (χ1n) is 6.00. The van der Waals surface area contributed by atoms with Crippen LogP contribution in [-0.4, -0.2) is 23.9 Å². The molecule has 5 heteroatoms. The summed E-state index contributed by atoms with van der Waals surface area (Å²) in [5.41, 5.74) is 0.652. The molecule has 1 aliphatic rings. The summed E-state index contributed by atoms with van der Waals surface area (Å²) in [4.78, 5) is 0. The lowest BCUT2D eigenvalue weighted by molar-refractivity contribution is 0.0277. The van der Waals surface area contributed by atoms with Gasteiger partial charge in [-0.1, -0.05) is 23.2 Å². The van der Waals surface area contributed by atoms with Gasteiger partial charge in [0.2, 0.25) is 0 Å². The van der Waals surface area contributed by atoms with E-state index in [2.05, 4.69) is 12.2 Å². The minimum absolute atomic E-state index is 0.0561.